The predicted octanol–water partition coefficient (Wildman–Crippen LogP) is 10.8. The summed E-state index contributed by atoms with van der Waals surface area (Å²) in [5.74, 6) is -0.145. The molecular weight excluding hydrogens is 853 g/mol. The molecule has 294 valence electrons. The summed E-state index contributed by atoms with van der Waals surface area (Å²) in [6, 6.07) is 29.2. The highest BCUT2D eigenvalue weighted by molar-refractivity contribution is 9.09. The zero-order valence-electron chi connectivity index (χ0n) is 31.3. The van der Waals surface area contributed by atoms with Gasteiger partial charge in [0.15, 0.2) is 0 Å². The summed E-state index contributed by atoms with van der Waals surface area (Å²) in [5, 5.41) is 15.5. The van der Waals surface area contributed by atoms with Gasteiger partial charge in [0.05, 0.1) is 34.7 Å². The minimum atomic E-state index is -4.12. The molecule has 0 fully saturated rings. The fraction of sp³-hybridized carbons (Fsp3) is 0.268. The number of hydrogen-bond donors (Lipinski definition) is 3. The number of benzene rings is 4. The van der Waals surface area contributed by atoms with Crippen molar-refractivity contribution in [1.29, 1.82) is 0 Å². The second-order valence-electron chi connectivity index (χ2n) is 14.7. The van der Waals surface area contributed by atoms with E-state index in [4.69, 9.17) is 32.9 Å². The van der Waals surface area contributed by atoms with Crippen LogP contribution in [0.5, 0.6) is 0 Å². The van der Waals surface area contributed by atoms with E-state index in [2.05, 4.69) is 45.9 Å². The van der Waals surface area contributed by atoms with Crippen molar-refractivity contribution < 1.29 is 23.1 Å². The lowest BCUT2D eigenvalue weighted by Gasteiger charge is -2.23. The molecule has 5 aromatic rings. The number of anilines is 2. The topological polar surface area (TPSA) is 128 Å². The Hall–Kier alpha value is -4.11. The first-order chi connectivity index (χ1) is 26.7. The number of ether oxygens (including phenoxy) is 1. The first-order valence-corrected chi connectivity index (χ1v) is 25.2. The van der Waals surface area contributed by atoms with Crippen molar-refractivity contribution in [2.24, 2.45) is 0 Å². The number of imidazole rings is 1. The molecule has 2 heterocycles. The maximum atomic E-state index is 13.5. The van der Waals surface area contributed by atoms with Crippen molar-refractivity contribution in [2.45, 2.75) is 50.9 Å². The molecule has 56 heavy (non-hydrogen) atoms. The quantitative estimate of drug-likeness (QED) is 0.0514. The number of rotatable bonds is 16. The molecule has 1 atom stereocenters. The number of carbonyl (C=O) groups is 1. The highest BCUT2D eigenvalue weighted by Crippen LogP contribution is 2.37. The molecule has 0 spiro atoms. The summed E-state index contributed by atoms with van der Waals surface area (Å²) in [4.78, 5) is 20.6. The number of amides is 1. The van der Waals surface area contributed by atoms with E-state index in [0.717, 1.165) is 66.3 Å². The van der Waals surface area contributed by atoms with Gasteiger partial charge in [-0.05, 0) is 83.6 Å². The molecule has 6 rings (SSSR count). The van der Waals surface area contributed by atoms with Gasteiger partial charge in [-0.25, -0.2) is 9.29 Å². The van der Waals surface area contributed by atoms with Gasteiger partial charge < -0.3 is 20.1 Å². The van der Waals surface area contributed by atoms with Gasteiger partial charge in [0.2, 0.25) is 11.8 Å². The van der Waals surface area contributed by atoms with E-state index in [0.29, 0.717) is 40.3 Å². The average molecular weight is 898 g/mol. The minimum absolute atomic E-state index is 0.00187. The zero-order chi connectivity index (χ0) is 40.0. The molecule has 15 heteroatoms. The standard InChI is InChI=1S/C41H44BrCl2N5O5SSi/c1-56(2,3)23-22-54-27-49-39(51)26-48(55(49,52)53)34-18-13-31(14-19-34)40(41-45-25-37(47-41)35-20-15-32(43)24-36(35)44)30-9-7-28(8-10-30)29-11-16-33(17-12-29)46-38(50)6-4-5-21-42/h7-20,24-26,40,51H,4-6,21-23,27H2,1-3H3,(H,45,47)(H,46,50). The molecule has 0 radical (unpaired) electrons. The number of halogens is 3. The lowest BCUT2D eigenvalue weighted by atomic mass is 9.89. The van der Waals surface area contributed by atoms with Crippen LogP contribution in [0.4, 0.5) is 11.4 Å². The molecule has 1 aromatic heterocycles. The number of nitrogens with zero attached hydrogens (tertiary/aromatic N) is 3. The number of H-pyrrole nitrogens is 1. The number of nitrogens with one attached hydrogen (secondary N) is 2. The Labute approximate surface area is 347 Å². The fourth-order valence-corrected chi connectivity index (χ4v) is 9.18. The minimum Gasteiger partial charge on any atom is -0.493 e. The summed E-state index contributed by atoms with van der Waals surface area (Å²) in [6.07, 6.45) is 5.17. The van der Waals surface area contributed by atoms with Crippen LogP contribution in [0.1, 0.15) is 42.1 Å². The van der Waals surface area contributed by atoms with E-state index >= 15 is 0 Å². The van der Waals surface area contributed by atoms with Crippen molar-refractivity contribution in [1.82, 2.24) is 14.3 Å². The summed E-state index contributed by atoms with van der Waals surface area (Å²) in [6.45, 7) is 6.77. The van der Waals surface area contributed by atoms with Crippen molar-refractivity contribution >= 4 is 74.7 Å². The summed E-state index contributed by atoms with van der Waals surface area (Å²) < 4.78 is 34.6. The van der Waals surface area contributed by atoms with Crippen molar-refractivity contribution in [3.05, 3.63) is 136 Å². The van der Waals surface area contributed by atoms with Crippen LogP contribution in [-0.2, 0) is 19.7 Å². The van der Waals surface area contributed by atoms with E-state index in [1.54, 1.807) is 30.5 Å². The largest absolute Gasteiger partial charge is 0.493 e. The van der Waals surface area contributed by atoms with Gasteiger partial charge in [0.25, 0.3) is 0 Å². The maximum absolute atomic E-state index is 13.5. The van der Waals surface area contributed by atoms with Crippen LogP contribution < -0.4 is 9.62 Å². The molecular formula is C41H44BrCl2N5O5SSi. The summed E-state index contributed by atoms with van der Waals surface area (Å²) >= 11 is 16.1. The first kappa shape index (κ1) is 41.5. The third-order valence-electron chi connectivity index (χ3n) is 9.32. The first-order valence-electron chi connectivity index (χ1n) is 18.2. The summed E-state index contributed by atoms with van der Waals surface area (Å²) in [7, 11) is -5.49. The number of carbonyl (C=O) groups excluding carboxylic acids is 1. The second-order valence-corrected chi connectivity index (χ2v) is 23.7. The number of hydrogen-bond acceptors (Lipinski definition) is 6. The van der Waals surface area contributed by atoms with E-state index in [1.807, 2.05) is 66.7 Å². The maximum Gasteiger partial charge on any atom is 0.334 e. The third-order valence-corrected chi connectivity index (χ3v) is 13.8. The molecule has 10 nitrogen and oxygen atoms in total. The van der Waals surface area contributed by atoms with Crippen LogP contribution in [0.15, 0.2) is 109 Å². The Balaban J connectivity index is 1.26. The van der Waals surface area contributed by atoms with E-state index in [-0.39, 0.29) is 18.6 Å². The van der Waals surface area contributed by atoms with Gasteiger partial charge in [-0.3, -0.25) is 4.79 Å². The van der Waals surface area contributed by atoms with Crippen molar-refractivity contribution in [2.75, 3.05) is 28.3 Å². The molecule has 4 aromatic carbocycles. The smallest absolute Gasteiger partial charge is 0.334 e. The van der Waals surface area contributed by atoms with E-state index < -0.39 is 24.2 Å². The molecule has 0 saturated heterocycles. The molecule has 1 aliphatic rings. The van der Waals surface area contributed by atoms with Crippen molar-refractivity contribution in [3.8, 4) is 22.4 Å². The molecule has 3 N–H and O–H groups in total. The zero-order valence-corrected chi connectivity index (χ0v) is 36.2. The number of aromatic amines is 1. The lowest BCUT2D eigenvalue weighted by molar-refractivity contribution is -0.116. The average Bonchev–Trinajstić information content (AvgIpc) is 3.72. The van der Waals surface area contributed by atoms with Crippen LogP contribution in [-0.4, -0.2) is 60.4 Å². The highest BCUT2D eigenvalue weighted by Gasteiger charge is 2.38. The Morgan fingerprint density at radius 2 is 1.59 bits per heavy atom. The van der Waals surface area contributed by atoms with E-state index in [1.165, 1.54) is 6.20 Å². The molecule has 1 amide bonds. The van der Waals surface area contributed by atoms with Gasteiger partial charge in [-0.1, -0.05) is 107 Å². The van der Waals surface area contributed by atoms with Crippen LogP contribution >= 0.6 is 39.1 Å². The van der Waals surface area contributed by atoms with Gasteiger partial charge in [-0.15, -0.1) is 0 Å². The van der Waals surface area contributed by atoms with Gasteiger partial charge >= 0.3 is 10.2 Å². The number of unbranched alkanes of at least 4 members (excludes halogenated alkanes) is 1. The van der Waals surface area contributed by atoms with Crippen LogP contribution in [0.2, 0.25) is 35.7 Å². The number of alkyl halides is 1. The van der Waals surface area contributed by atoms with Crippen LogP contribution in [0, 0.1) is 0 Å². The highest BCUT2D eigenvalue weighted by atomic mass is 79.9. The third kappa shape index (κ3) is 10.1. The fourth-order valence-electron chi connectivity index (χ4n) is 6.19. The van der Waals surface area contributed by atoms with Gasteiger partial charge in [-0.2, -0.15) is 12.7 Å². The van der Waals surface area contributed by atoms with E-state index in [9.17, 15) is 18.3 Å². The van der Waals surface area contributed by atoms with Crippen LogP contribution in [0.25, 0.3) is 22.4 Å². The lowest BCUT2D eigenvalue weighted by Crippen LogP contribution is -2.36. The Morgan fingerprint density at radius 3 is 2.21 bits per heavy atom. The van der Waals surface area contributed by atoms with Crippen molar-refractivity contribution in [3.63, 3.8) is 0 Å². The molecule has 1 unspecified atom stereocenters. The predicted molar refractivity (Wildman–Crippen MR) is 233 cm³/mol. The SMILES string of the molecule is C[Si](C)(C)CCOCN1C(O)=CN(c2ccc(C(c3ccc(-c4ccc(NC(=O)CCCCBr)cc4)cc3)c3ncc(-c4ccc(Cl)cc4Cl)[nH]3)cc2)S1(=O)=O. The Morgan fingerprint density at radius 1 is 0.946 bits per heavy atom. The molecule has 1 aliphatic heterocycles. The number of aliphatic hydroxyl groups is 1. The monoisotopic (exact) mass is 895 g/mol. The Kier molecular flexibility index (Phi) is 13.3. The number of aromatic nitrogens is 2. The van der Waals surface area contributed by atoms with Crippen LogP contribution in [0.3, 0.4) is 0 Å². The number of aliphatic hydroxyl groups excluding tert-OH is 1. The van der Waals surface area contributed by atoms with Gasteiger partial charge in [0.1, 0.15) is 12.6 Å². The second kappa shape index (κ2) is 18.0. The molecule has 0 bridgehead atoms. The normalized spacial score (nSPS) is 14.5. The summed E-state index contributed by atoms with van der Waals surface area (Å²) in [5.41, 5.74) is 6.33. The molecule has 0 saturated carbocycles. The Bertz CT molecular complexity index is 2280. The molecule has 0 aliphatic carbocycles. The van der Waals surface area contributed by atoms with Gasteiger partial charge in [0, 0.05) is 42.7 Å².